The highest BCUT2D eigenvalue weighted by Gasteiger charge is 2.68. The number of fused-ring (bicyclic) bond motifs is 5. The van der Waals surface area contributed by atoms with E-state index in [9.17, 15) is 9.59 Å². The normalized spacial score (nSPS) is 42.3. The SMILES string of the molecule is C#C[C@@]1(OC(=O)CC)C[C@@H]2CC[C@@H]3[C@H](CC[C@@]4(C)[C@H]3CC[C@]4(NCCCCCC)OC(=O)CC)[C@@]2(C)C1. The fourth-order valence-electron chi connectivity index (χ4n) is 9.34. The molecule has 4 saturated carbocycles. The van der Waals surface area contributed by atoms with Crippen molar-refractivity contribution in [2.75, 3.05) is 6.54 Å². The predicted octanol–water partition coefficient (Wildman–Crippen LogP) is 6.78. The van der Waals surface area contributed by atoms with Crippen molar-refractivity contribution < 1.29 is 19.1 Å². The van der Waals surface area contributed by atoms with Gasteiger partial charge >= 0.3 is 11.9 Å². The summed E-state index contributed by atoms with van der Waals surface area (Å²) in [6, 6.07) is 0. The van der Waals surface area contributed by atoms with Crippen LogP contribution in [0.4, 0.5) is 0 Å². The van der Waals surface area contributed by atoms with E-state index in [-0.39, 0.29) is 22.8 Å². The number of ether oxygens (including phenoxy) is 2. The topological polar surface area (TPSA) is 64.6 Å². The van der Waals surface area contributed by atoms with Crippen molar-refractivity contribution in [2.45, 2.75) is 136 Å². The van der Waals surface area contributed by atoms with Gasteiger partial charge in [-0.15, -0.1) is 6.42 Å². The summed E-state index contributed by atoms with van der Waals surface area (Å²) in [5.41, 5.74) is -1.29. The first-order valence-electron chi connectivity index (χ1n) is 15.3. The van der Waals surface area contributed by atoms with Gasteiger partial charge in [0, 0.05) is 37.5 Å². The van der Waals surface area contributed by atoms with E-state index in [4.69, 9.17) is 15.9 Å². The summed E-state index contributed by atoms with van der Waals surface area (Å²) in [5, 5.41) is 3.83. The van der Waals surface area contributed by atoms with Crippen molar-refractivity contribution in [1.82, 2.24) is 5.32 Å². The third-order valence-corrected chi connectivity index (χ3v) is 11.3. The second-order valence-electron chi connectivity index (χ2n) is 13.1. The molecule has 8 atom stereocenters. The summed E-state index contributed by atoms with van der Waals surface area (Å²) >= 11 is 0. The molecule has 0 unspecified atom stereocenters. The van der Waals surface area contributed by atoms with Gasteiger partial charge in [-0.05, 0) is 74.2 Å². The number of carbonyl (C=O) groups excluding carboxylic acids is 2. The molecule has 208 valence electrons. The number of unbranched alkanes of at least 4 members (excludes halogenated alkanes) is 3. The van der Waals surface area contributed by atoms with Crippen molar-refractivity contribution in [3.05, 3.63) is 0 Å². The minimum absolute atomic E-state index is 0.0660. The van der Waals surface area contributed by atoms with Crippen molar-refractivity contribution in [3.63, 3.8) is 0 Å². The average Bonchev–Trinajstić information content (AvgIpc) is 3.34. The smallest absolute Gasteiger partial charge is 0.307 e. The standard InChI is InChI=1S/C32H51NO4/c1-7-11-12-13-20-33-32(37-28(35)9-3)19-17-26-24-15-14-23-21-31(10-4,36-27(34)8-2)22-29(23,5)25(24)16-18-30(26,32)6/h4,23-26,33H,7-9,11-22H2,1-3,5-6H3/t23-,24+,25-,26-,29-,30-,31+,32-/m0/s1. The second-order valence-corrected chi connectivity index (χ2v) is 13.1. The Hall–Kier alpha value is -1.54. The zero-order chi connectivity index (χ0) is 26.9. The molecule has 4 fully saturated rings. The van der Waals surface area contributed by atoms with Gasteiger partial charge in [0.05, 0.1) is 0 Å². The molecule has 0 spiro atoms. The minimum Gasteiger partial charge on any atom is -0.446 e. The molecule has 4 aliphatic rings. The Labute approximate surface area is 225 Å². The van der Waals surface area contributed by atoms with Crippen molar-refractivity contribution in [2.24, 2.45) is 34.5 Å². The Balaban J connectivity index is 1.56. The van der Waals surface area contributed by atoms with Gasteiger partial charge < -0.3 is 9.47 Å². The van der Waals surface area contributed by atoms with E-state index >= 15 is 0 Å². The van der Waals surface area contributed by atoms with E-state index in [1.165, 1.54) is 25.7 Å². The van der Waals surface area contributed by atoms with Crippen LogP contribution in [0.3, 0.4) is 0 Å². The van der Waals surface area contributed by atoms with Gasteiger partial charge in [-0.2, -0.15) is 0 Å². The van der Waals surface area contributed by atoms with Crippen LogP contribution in [0.15, 0.2) is 0 Å². The monoisotopic (exact) mass is 513 g/mol. The summed E-state index contributed by atoms with van der Waals surface area (Å²) in [5.74, 6) is 4.86. The number of nitrogens with one attached hydrogen (secondary N) is 1. The van der Waals surface area contributed by atoms with Crippen LogP contribution in [0.2, 0.25) is 0 Å². The van der Waals surface area contributed by atoms with Crippen LogP contribution in [-0.2, 0) is 19.1 Å². The molecule has 0 bridgehead atoms. The van der Waals surface area contributed by atoms with Gasteiger partial charge in [0.1, 0.15) is 0 Å². The van der Waals surface area contributed by atoms with Crippen LogP contribution in [0.1, 0.15) is 125 Å². The fourth-order valence-corrected chi connectivity index (χ4v) is 9.34. The van der Waals surface area contributed by atoms with Crippen molar-refractivity contribution >= 4 is 11.9 Å². The molecule has 0 amide bonds. The molecule has 5 nitrogen and oxygen atoms in total. The van der Waals surface area contributed by atoms with E-state index in [0.717, 1.165) is 57.9 Å². The van der Waals surface area contributed by atoms with Crippen LogP contribution in [0.5, 0.6) is 0 Å². The summed E-state index contributed by atoms with van der Waals surface area (Å²) in [7, 11) is 0. The molecule has 0 aromatic rings. The molecule has 0 aromatic heterocycles. The van der Waals surface area contributed by atoms with Gasteiger partial charge in [-0.1, -0.05) is 59.8 Å². The molecule has 0 saturated heterocycles. The third-order valence-electron chi connectivity index (χ3n) is 11.3. The maximum Gasteiger partial charge on any atom is 0.307 e. The lowest BCUT2D eigenvalue weighted by atomic mass is 9.47. The van der Waals surface area contributed by atoms with Crippen LogP contribution in [0.25, 0.3) is 0 Å². The zero-order valence-electron chi connectivity index (χ0n) is 24.1. The predicted molar refractivity (Wildman–Crippen MR) is 146 cm³/mol. The van der Waals surface area contributed by atoms with E-state index in [0.29, 0.717) is 36.5 Å². The van der Waals surface area contributed by atoms with Crippen LogP contribution >= 0.6 is 0 Å². The fraction of sp³-hybridized carbons (Fsp3) is 0.875. The maximum atomic E-state index is 12.7. The Kier molecular flexibility index (Phi) is 8.40. The van der Waals surface area contributed by atoms with Crippen LogP contribution < -0.4 is 5.32 Å². The number of hydrogen-bond acceptors (Lipinski definition) is 5. The Morgan fingerprint density at radius 1 is 0.919 bits per heavy atom. The number of rotatable bonds is 10. The van der Waals surface area contributed by atoms with Crippen molar-refractivity contribution in [3.8, 4) is 12.3 Å². The Morgan fingerprint density at radius 3 is 2.30 bits per heavy atom. The third kappa shape index (κ3) is 4.86. The average molecular weight is 514 g/mol. The summed E-state index contributed by atoms with van der Waals surface area (Å²) in [4.78, 5) is 25.0. The maximum absolute atomic E-state index is 12.7. The molecule has 1 N–H and O–H groups in total. The lowest BCUT2D eigenvalue weighted by Crippen LogP contribution is -2.62. The molecule has 0 heterocycles. The molecule has 0 aliphatic heterocycles. The number of carbonyl (C=O) groups is 2. The molecule has 4 rings (SSSR count). The van der Waals surface area contributed by atoms with Gasteiger partial charge in [0.2, 0.25) is 0 Å². The van der Waals surface area contributed by atoms with E-state index in [1.807, 2.05) is 13.8 Å². The first-order valence-corrected chi connectivity index (χ1v) is 15.3. The highest BCUT2D eigenvalue weighted by Crippen LogP contribution is 2.70. The molecular formula is C32H51NO4. The summed E-state index contributed by atoms with van der Waals surface area (Å²) in [6.07, 6.45) is 19.7. The molecule has 5 heteroatoms. The Bertz CT molecular complexity index is 896. The van der Waals surface area contributed by atoms with Crippen LogP contribution in [-0.4, -0.2) is 29.8 Å². The first kappa shape index (κ1) is 28.5. The molecule has 37 heavy (non-hydrogen) atoms. The molecule has 0 aromatic carbocycles. The lowest BCUT2D eigenvalue weighted by Gasteiger charge is -2.59. The number of esters is 2. The van der Waals surface area contributed by atoms with Gasteiger partial charge in [-0.3, -0.25) is 14.9 Å². The largest absolute Gasteiger partial charge is 0.446 e. The molecular weight excluding hydrogens is 462 g/mol. The van der Waals surface area contributed by atoms with Crippen LogP contribution in [0, 0.1) is 46.8 Å². The van der Waals surface area contributed by atoms with Crippen molar-refractivity contribution in [1.29, 1.82) is 0 Å². The second kappa shape index (κ2) is 10.9. The molecule has 0 radical (unpaired) electrons. The number of terminal acetylenes is 1. The van der Waals surface area contributed by atoms with Gasteiger partial charge in [0.25, 0.3) is 0 Å². The first-order chi connectivity index (χ1) is 17.6. The summed E-state index contributed by atoms with van der Waals surface area (Å²) < 4.78 is 12.4. The van der Waals surface area contributed by atoms with E-state index in [1.54, 1.807) is 0 Å². The lowest BCUT2D eigenvalue weighted by molar-refractivity contribution is -0.196. The van der Waals surface area contributed by atoms with Gasteiger partial charge in [0.15, 0.2) is 11.3 Å². The van der Waals surface area contributed by atoms with E-state index < -0.39 is 11.3 Å². The Morgan fingerprint density at radius 2 is 1.62 bits per heavy atom. The highest BCUT2D eigenvalue weighted by atomic mass is 16.6. The van der Waals surface area contributed by atoms with E-state index in [2.05, 4.69) is 32.0 Å². The number of hydrogen-bond donors (Lipinski definition) is 1. The van der Waals surface area contributed by atoms with Gasteiger partial charge in [-0.25, -0.2) is 0 Å². The zero-order valence-corrected chi connectivity index (χ0v) is 24.1. The summed E-state index contributed by atoms with van der Waals surface area (Å²) in [6.45, 7) is 11.7. The minimum atomic E-state index is -0.752. The molecule has 4 aliphatic carbocycles. The quantitative estimate of drug-likeness (QED) is 0.151. The highest BCUT2D eigenvalue weighted by molar-refractivity contribution is 5.70.